The van der Waals surface area contributed by atoms with Gasteiger partial charge in [-0.3, -0.25) is 0 Å². The van der Waals surface area contributed by atoms with Crippen LogP contribution in [0.2, 0.25) is 0 Å². The van der Waals surface area contributed by atoms with E-state index in [4.69, 9.17) is 12.9 Å². The fourth-order valence-corrected chi connectivity index (χ4v) is 29.9. The fourth-order valence-electron chi connectivity index (χ4n) is 7.65. The van der Waals surface area contributed by atoms with Crippen LogP contribution in [0.15, 0.2) is 91.0 Å². The van der Waals surface area contributed by atoms with Crippen LogP contribution in [0.5, 0.6) is 0 Å². The van der Waals surface area contributed by atoms with Crippen LogP contribution in [0.25, 0.3) is 0 Å². The van der Waals surface area contributed by atoms with Crippen molar-refractivity contribution in [1.29, 1.82) is 0 Å². The number of phosphoric acid groups is 1. The van der Waals surface area contributed by atoms with Crippen molar-refractivity contribution in [2.75, 3.05) is 55.5 Å². The van der Waals surface area contributed by atoms with Crippen LogP contribution >= 0.6 is 28.3 Å². The van der Waals surface area contributed by atoms with Gasteiger partial charge in [0.1, 0.15) is 0 Å². The molecule has 0 unspecified atom stereocenters. The van der Waals surface area contributed by atoms with Gasteiger partial charge in [0.05, 0.1) is 0 Å². The molecule has 0 N–H and O–H groups in total. The number of hydrogen-bond donors (Lipinski definition) is 0. The van der Waals surface area contributed by atoms with Gasteiger partial charge < -0.3 is 0 Å². The van der Waals surface area contributed by atoms with Gasteiger partial charge in [0.2, 0.25) is 0 Å². The quantitative estimate of drug-likeness (QED) is 0.103. The van der Waals surface area contributed by atoms with Crippen molar-refractivity contribution >= 4 is 28.3 Å². The Labute approximate surface area is 288 Å². The molecular formula is C39H66O4P4. The minimum atomic E-state index is -4.17. The van der Waals surface area contributed by atoms with Crippen molar-refractivity contribution in [2.45, 2.75) is 80.8 Å². The molecule has 0 aliphatic carbocycles. The van der Waals surface area contributed by atoms with E-state index < -0.39 is 28.3 Å². The standard InChI is InChI=1S/C39H66O4P4/c1-10-45(11-2,12-3,34-37-28-22-19-23-29-37)41-44(40,42-46(13-4,14-5,15-6)35-38-30-24-20-25-31-38)43-47(16-7,17-8,18-9)36-39-32-26-21-27-33-39/h19-33H,10-18,34-36H2,1-9H3. The Morgan fingerprint density at radius 2 is 0.574 bits per heavy atom. The van der Waals surface area contributed by atoms with Crippen molar-refractivity contribution in [1.82, 2.24) is 0 Å². The van der Waals surface area contributed by atoms with Crippen molar-refractivity contribution in [3.8, 4) is 0 Å². The first-order valence-electron chi connectivity index (χ1n) is 18.2. The monoisotopic (exact) mass is 722 g/mol. The predicted octanol–water partition coefficient (Wildman–Crippen LogP) is 13.3. The molecule has 0 aromatic heterocycles. The topological polar surface area (TPSA) is 44.8 Å². The van der Waals surface area contributed by atoms with Crippen molar-refractivity contribution < 1.29 is 17.5 Å². The van der Waals surface area contributed by atoms with E-state index in [1.54, 1.807) is 0 Å². The normalized spacial score (nSPS) is 16.6. The summed E-state index contributed by atoms with van der Waals surface area (Å²) in [4.78, 5) is 0. The second-order valence-electron chi connectivity index (χ2n) is 14.0. The van der Waals surface area contributed by atoms with E-state index in [0.717, 1.165) is 73.9 Å². The molecule has 0 aliphatic rings. The first-order chi connectivity index (χ1) is 22.3. The Morgan fingerprint density at radius 1 is 0.383 bits per heavy atom. The molecule has 0 amide bonds. The van der Waals surface area contributed by atoms with Gasteiger partial charge in [0.25, 0.3) is 0 Å². The maximum absolute atomic E-state index is 16.5. The zero-order valence-corrected chi connectivity index (χ0v) is 34.6. The van der Waals surface area contributed by atoms with E-state index in [1.807, 2.05) is 0 Å². The molecular weight excluding hydrogens is 656 g/mol. The maximum atomic E-state index is 16.5. The first kappa shape index (κ1) is 40.5. The second kappa shape index (κ2) is 15.9. The van der Waals surface area contributed by atoms with Gasteiger partial charge in [-0.25, -0.2) is 0 Å². The van der Waals surface area contributed by atoms with Crippen LogP contribution < -0.4 is 0 Å². The zero-order valence-electron chi connectivity index (χ0n) is 31.1. The summed E-state index contributed by atoms with van der Waals surface area (Å²) >= 11 is 0. The van der Waals surface area contributed by atoms with Crippen molar-refractivity contribution in [3.05, 3.63) is 108 Å². The second-order valence-corrected chi connectivity index (χ2v) is 34.7. The predicted molar refractivity (Wildman–Crippen MR) is 217 cm³/mol. The summed E-state index contributed by atoms with van der Waals surface area (Å²) in [6.07, 6.45) is 9.70. The molecule has 0 saturated heterocycles. The summed E-state index contributed by atoms with van der Waals surface area (Å²) in [5.74, 6) is 0. The Kier molecular flexibility index (Phi) is 13.7. The minimum absolute atomic E-state index is 0.769. The summed E-state index contributed by atoms with van der Waals surface area (Å²) in [6, 6.07) is 31.9. The molecule has 0 bridgehead atoms. The first-order valence-corrected chi connectivity index (χ1v) is 28.4. The third-order valence-electron chi connectivity index (χ3n) is 12.5. The molecule has 0 fully saturated rings. The Bertz CT molecular complexity index is 1230. The fraction of sp³-hybridized carbons (Fsp3) is 0.538. The van der Waals surface area contributed by atoms with Crippen molar-refractivity contribution in [3.63, 3.8) is 0 Å². The van der Waals surface area contributed by atoms with Crippen LogP contribution in [-0.4, -0.2) is 55.5 Å². The van der Waals surface area contributed by atoms with Gasteiger partial charge in [0.15, 0.2) is 0 Å². The molecule has 0 spiro atoms. The van der Waals surface area contributed by atoms with Crippen LogP contribution in [0, 0.1) is 0 Å². The van der Waals surface area contributed by atoms with Gasteiger partial charge in [-0.2, -0.15) is 0 Å². The van der Waals surface area contributed by atoms with Gasteiger partial charge in [0, 0.05) is 0 Å². The van der Waals surface area contributed by atoms with Crippen LogP contribution in [-0.2, 0) is 36.0 Å². The average molecular weight is 723 g/mol. The van der Waals surface area contributed by atoms with Crippen LogP contribution in [0.3, 0.4) is 0 Å². The molecule has 0 atom stereocenters. The number of hydrogen-bond acceptors (Lipinski definition) is 4. The van der Waals surface area contributed by atoms with Crippen LogP contribution in [0.4, 0.5) is 0 Å². The summed E-state index contributed by atoms with van der Waals surface area (Å²) in [7, 11) is -4.17. The van der Waals surface area contributed by atoms with E-state index in [9.17, 15) is 0 Å². The summed E-state index contributed by atoms with van der Waals surface area (Å²) in [6.45, 7) is 10.7. The third-order valence-corrected chi connectivity index (χ3v) is 38.3. The van der Waals surface area contributed by atoms with Gasteiger partial charge >= 0.3 is 290 Å². The molecule has 4 nitrogen and oxygen atoms in total. The molecule has 0 heterocycles. The Hall–Kier alpha value is -0.940. The summed E-state index contributed by atoms with van der Waals surface area (Å²) in [5.41, 5.74) is 3.69. The summed E-state index contributed by atoms with van der Waals surface area (Å²) < 4.78 is 39.4. The zero-order chi connectivity index (χ0) is 34.8. The van der Waals surface area contributed by atoms with E-state index in [0.29, 0.717) is 0 Å². The molecule has 3 aromatic rings. The Balaban J connectivity index is 2.35. The Morgan fingerprint density at radius 3 is 0.745 bits per heavy atom. The number of benzene rings is 3. The van der Waals surface area contributed by atoms with Crippen molar-refractivity contribution in [2.24, 2.45) is 0 Å². The summed E-state index contributed by atoms with van der Waals surface area (Å²) in [5, 5.41) is 0. The SMILES string of the molecule is CCP(CC)(CC)(Cc1ccccc1)OP(=O)(OP(CC)(CC)(CC)Cc1ccccc1)OP(CC)(CC)(CC)Cc1ccccc1. The van der Waals surface area contributed by atoms with E-state index in [-0.39, 0.29) is 0 Å². The third kappa shape index (κ3) is 8.69. The van der Waals surface area contributed by atoms with Crippen LogP contribution in [0.1, 0.15) is 79.0 Å². The van der Waals surface area contributed by atoms with Gasteiger partial charge in [-0.1, -0.05) is 0 Å². The average Bonchev–Trinajstić information content (AvgIpc) is 3.12. The molecule has 8 heteroatoms. The molecule has 47 heavy (non-hydrogen) atoms. The van der Waals surface area contributed by atoms with E-state index in [2.05, 4.69) is 153 Å². The van der Waals surface area contributed by atoms with E-state index >= 15 is 4.57 Å². The molecule has 3 aromatic carbocycles. The molecule has 0 aliphatic heterocycles. The molecule has 0 radical (unpaired) electrons. The number of rotatable bonds is 21. The molecule has 3 rings (SSSR count). The van der Waals surface area contributed by atoms with Gasteiger partial charge in [-0.05, 0) is 0 Å². The van der Waals surface area contributed by atoms with E-state index in [1.165, 1.54) is 16.7 Å². The molecule has 0 saturated carbocycles. The molecule has 266 valence electrons. The van der Waals surface area contributed by atoms with Gasteiger partial charge in [-0.15, -0.1) is 0 Å².